The van der Waals surface area contributed by atoms with Crippen molar-refractivity contribution in [2.75, 3.05) is 39.6 Å². The van der Waals surface area contributed by atoms with E-state index in [1.807, 2.05) is 0 Å². The fourth-order valence-electron chi connectivity index (χ4n) is 10.6. The summed E-state index contributed by atoms with van der Waals surface area (Å²) in [6.45, 7) is 9.53. The summed E-state index contributed by atoms with van der Waals surface area (Å²) < 4.78 is 68.3. The fourth-order valence-corrected chi connectivity index (χ4v) is 12.2. The van der Waals surface area contributed by atoms with Gasteiger partial charge in [-0.1, -0.05) is 305 Å². The van der Waals surface area contributed by atoms with Crippen LogP contribution in [-0.2, 0) is 65.4 Å². The van der Waals surface area contributed by atoms with Crippen LogP contribution >= 0.6 is 15.6 Å². The van der Waals surface area contributed by atoms with E-state index in [4.69, 9.17) is 37.0 Å². The van der Waals surface area contributed by atoms with E-state index in [9.17, 15) is 43.2 Å². The van der Waals surface area contributed by atoms with Crippen molar-refractivity contribution in [2.45, 2.75) is 374 Å². The van der Waals surface area contributed by atoms with Gasteiger partial charge in [-0.05, 0) is 37.5 Å². The molecule has 0 spiro atoms. The van der Waals surface area contributed by atoms with Crippen LogP contribution in [0.25, 0.3) is 0 Å². The van der Waals surface area contributed by atoms with Gasteiger partial charge in [0.1, 0.15) is 19.3 Å². The van der Waals surface area contributed by atoms with Crippen molar-refractivity contribution in [1.29, 1.82) is 0 Å². The second kappa shape index (κ2) is 62.2. The zero-order valence-electron chi connectivity index (χ0n) is 57.7. The van der Waals surface area contributed by atoms with Crippen LogP contribution in [0.2, 0.25) is 0 Å². The van der Waals surface area contributed by atoms with E-state index in [0.29, 0.717) is 25.7 Å². The van der Waals surface area contributed by atoms with E-state index in [-0.39, 0.29) is 25.7 Å². The minimum Gasteiger partial charge on any atom is -0.462 e. The number of rotatable bonds is 69. The summed E-state index contributed by atoms with van der Waals surface area (Å²) in [6, 6.07) is 0. The van der Waals surface area contributed by atoms with Crippen LogP contribution in [0.5, 0.6) is 0 Å². The number of aliphatic hydroxyl groups excluding tert-OH is 1. The molecule has 0 aromatic heterocycles. The molecular formula is C70H136O17P2. The van der Waals surface area contributed by atoms with Gasteiger partial charge in [-0.15, -0.1) is 0 Å². The maximum Gasteiger partial charge on any atom is 0.472 e. The molecule has 0 saturated heterocycles. The minimum atomic E-state index is -4.95. The highest BCUT2D eigenvalue weighted by Gasteiger charge is 2.30. The highest BCUT2D eigenvalue weighted by molar-refractivity contribution is 7.47. The molecule has 0 radical (unpaired) electrons. The van der Waals surface area contributed by atoms with Gasteiger partial charge in [0.25, 0.3) is 0 Å². The summed E-state index contributed by atoms with van der Waals surface area (Å²) in [7, 11) is -9.90. The minimum absolute atomic E-state index is 0.106. The molecule has 0 saturated carbocycles. The molecule has 89 heavy (non-hydrogen) atoms. The van der Waals surface area contributed by atoms with Crippen LogP contribution in [0, 0.1) is 11.8 Å². The molecule has 3 N–H and O–H groups in total. The molecule has 0 aromatic carbocycles. The number of carbonyl (C=O) groups is 4. The van der Waals surface area contributed by atoms with Crippen molar-refractivity contribution in [2.24, 2.45) is 11.8 Å². The normalized spacial score (nSPS) is 14.1. The van der Waals surface area contributed by atoms with Gasteiger partial charge in [-0.25, -0.2) is 9.13 Å². The van der Waals surface area contributed by atoms with Crippen LogP contribution in [0.1, 0.15) is 356 Å². The predicted octanol–water partition coefficient (Wildman–Crippen LogP) is 20.0. The first kappa shape index (κ1) is 87.1. The van der Waals surface area contributed by atoms with Crippen LogP contribution in [-0.4, -0.2) is 96.7 Å². The average Bonchev–Trinajstić information content (AvgIpc) is 3.62. The maximum absolute atomic E-state index is 13.0. The van der Waals surface area contributed by atoms with Crippen molar-refractivity contribution in [3.63, 3.8) is 0 Å². The Bertz CT molecular complexity index is 1730. The van der Waals surface area contributed by atoms with Gasteiger partial charge in [-0.3, -0.25) is 37.3 Å². The molecule has 5 atom stereocenters. The van der Waals surface area contributed by atoms with Gasteiger partial charge < -0.3 is 33.8 Å². The number of aliphatic hydroxyl groups is 1. The Kier molecular flexibility index (Phi) is 60.8. The number of ether oxygens (including phenoxy) is 4. The van der Waals surface area contributed by atoms with Crippen molar-refractivity contribution in [3.8, 4) is 0 Å². The summed E-state index contributed by atoms with van der Waals surface area (Å²) in [4.78, 5) is 72.5. The molecule has 17 nitrogen and oxygen atoms in total. The highest BCUT2D eigenvalue weighted by Crippen LogP contribution is 2.45. The first-order valence-electron chi connectivity index (χ1n) is 36.5. The summed E-state index contributed by atoms with van der Waals surface area (Å²) in [5.41, 5.74) is 0. The van der Waals surface area contributed by atoms with E-state index in [0.717, 1.165) is 102 Å². The monoisotopic (exact) mass is 1310 g/mol. The molecule has 0 fully saturated rings. The summed E-state index contributed by atoms with van der Waals surface area (Å²) in [5.74, 6) is -0.612. The molecule has 0 bridgehead atoms. The first-order valence-corrected chi connectivity index (χ1v) is 39.5. The number of unbranched alkanes of at least 4 members (excludes halogenated alkanes) is 39. The van der Waals surface area contributed by atoms with Gasteiger partial charge >= 0.3 is 39.5 Å². The number of phosphoric ester groups is 2. The van der Waals surface area contributed by atoms with Crippen molar-refractivity contribution in [3.05, 3.63) is 0 Å². The first-order chi connectivity index (χ1) is 42.9. The quantitative estimate of drug-likeness (QED) is 0.0222. The lowest BCUT2D eigenvalue weighted by atomic mass is 10.0. The SMILES string of the molecule is CCCCCCCCCCCCCCC(=O)O[C@H](COC(=O)CCCCCCCCCCCCC)COP(=O)(O)OC[C@H](O)COP(=O)(O)OC[C@@H](COC(=O)CCCCCCCCCCCCC(C)C)OC(=O)CCCCCCCCCCCCC(C)C. The lowest BCUT2D eigenvalue weighted by Crippen LogP contribution is -2.30. The second-order valence-corrected chi connectivity index (χ2v) is 29.1. The number of phosphoric acid groups is 2. The third kappa shape index (κ3) is 64.6. The Morgan fingerprint density at radius 2 is 0.517 bits per heavy atom. The largest absolute Gasteiger partial charge is 0.472 e. The lowest BCUT2D eigenvalue weighted by Gasteiger charge is -2.21. The Labute approximate surface area is 543 Å². The van der Waals surface area contributed by atoms with E-state index in [2.05, 4.69) is 41.5 Å². The number of hydrogen-bond acceptors (Lipinski definition) is 15. The van der Waals surface area contributed by atoms with E-state index >= 15 is 0 Å². The zero-order chi connectivity index (χ0) is 65.7. The smallest absolute Gasteiger partial charge is 0.462 e. The van der Waals surface area contributed by atoms with Crippen molar-refractivity contribution < 1.29 is 80.2 Å². The molecule has 528 valence electrons. The molecule has 0 aliphatic carbocycles. The third-order valence-corrected chi connectivity index (χ3v) is 18.1. The standard InChI is InChI=1S/C70H136O17P2/c1-7-9-11-13-15-17-19-21-30-36-42-48-54-69(74)86-65(58-80-67(72)52-46-40-34-28-20-18-16-14-12-10-8-2)60-84-88(76,77)82-56-64(71)57-83-89(78,79)85-61-66(87-70(75)55-49-43-37-31-25-23-27-33-39-45-51-63(5)6)59-81-68(73)53-47-41-35-29-24-22-26-32-38-44-50-62(3)4/h62-66,71H,7-61H2,1-6H3,(H,76,77)(H,78,79)/t64-,65+,66+/m0/s1. The summed E-state index contributed by atoms with van der Waals surface area (Å²) in [5, 5.41) is 10.6. The topological polar surface area (TPSA) is 237 Å². The molecule has 0 rings (SSSR count). The van der Waals surface area contributed by atoms with Gasteiger partial charge in [0, 0.05) is 25.7 Å². The molecule has 0 aliphatic rings. The van der Waals surface area contributed by atoms with E-state index in [1.54, 1.807) is 0 Å². The number of esters is 4. The Morgan fingerprint density at radius 1 is 0.303 bits per heavy atom. The van der Waals surface area contributed by atoms with Crippen LogP contribution in [0.15, 0.2) is 0 Å². The zero-order valence-corrected chi connectivity index (χ0v) is 59.5. The van der Waals surface area contributed by atoms with Crippen LogP contribution in [0.4, 0.5) is 0 Å². The Balaban J connectivity index is 5.26. The van der Waals surface area contributed by atoms with Crippen molar-refractivity contribution in [1.82, 2.24) is 0 Å². The van der Waals surface area contributed by atoms with E-state index < -0.39 is 97.5 Å². The molecular weight excluding hydrogens is 1170 g/mol. The lowest BCUT2D eigenvalue weighted by molar-refractivity contribution is -0.161. The van der Waals surface area contributed by atoms with Gasteiger partial charge in [-0.2, -0.15) is 0 Å². The van der Waals surface area contributed by atoms with E-state index in [1.165, 1.54) is 173 Å². The Morgan fingerprint density at radius 3 is 0.764 bits per heavy atom. The molecule has 0 amide bonds. The maximum atomic E-state index is 13.0. The second-order valence-electron chi connectivity index (χ2n) is 26.2. The number of hydrogen-bond donors (Lipinski definition) is 3. The van der Waals surface area contributed by atoms with Gasteiger partial charge in [0.15, 0.2) is 12.2 Å². The molecule has 0 heterocycles. The summed E-state index contributed by atoms with van der Waals surface area (Å²) in [6.07, 6.45) is 47.0. The number of carbonyl (C=O) groups excluding carboxylic acids is 4. The Hall–Kier alpha value is -1.94. The fraction of sp³-hybridized carbons (Fsp3) is 0.943. The van der Waals surface area contributed by atoms with Crippen LogP contribution < -0.4 is 0 Å². The van der Waals surface area contributed by atoms with Crippen LogP contribution in [0.3, 0.4) is 0 Å². The molecule has 0 aromatic rings. The molecule has 19 heteroatoms. The van der Waals surface area contributed by atoms with Gasteiger partial charge in [0.2, 0.25) is 0 Å². The summed E-state index contributed by atoms with van der Waals surface area (Å²) >= 11 is 0. The van der Waals surface area contributed by atoms with Gasteiger partial charge in [0.05, 0.1) is 26.4 Å². The predicted molar refractivity (Wildman–Crippen MR) is 358 cm³/mol. The average molecular weight is 1310 g/mol. The highest BCUT2D eigenvalue weighted by atomic mass is 31.2. The molecule has 0 aliphatic heterocycles. The molecule has 2 unspecified atom stereocenters. The third-order valence-electron chi connectivity index (χ3n) is 16.2. The van der Waals surface area contributed by atoms with Crippen molar-refractivity contribution >= 4 is 39.5 Å².